The van der Waals surface area contributed by atoms with Crippen LogP contribution in [0.3, 0.4) is 0 Å². The van der Waals surface area contributed by atoms with Gasteiger partial charge in [-0.05, 0) is 39.3 Å². The fourth-order valence-electron chi connectivity index (χ4n) is 4.96. The molecule has 0 spiro atoms. The summed E-state index contributed by atoms with van der Waals surface area (Å²) in [7, 11) is -6.87. The van der Waals surface area contributed by atoms with E-state index in [0.29, 0.717) is 0 Å². The summed E-state index contributed by atoms with van der Waals surface area (Å²) in [6.07, 6.45) is 0. The van der Waals surface area contributed by atoms with Crippen molar-refractivity contribution in [3.05, 3.63) is 70.8 Å². The van der Waals surface area contributed by atoms with Crippen LogP contribution < -0.4 is 0 Å². The third-order valence-corrected chi connectivity index (χ3v) is 16.1. The van der Waals surface area contributed by atoms with Gasteiger partial charge in [-0.1, -0.05) is 48.5 Å². The van der Waals surface area contributed by atoms with Gasteiger partial charge in [0.1, 0.15) is 0 Å². The largest absolute Gasteiger partial charge is 0.401 e. The summed E-state index contributed by atoms with van der Waals surface area (Å²) >= 11 is 0. The first kappa shape index (κ1) is 20.9. The van der Waals surface area contributed by atoms with Crippen LogP contribution in [0.5, 0.6) is 0 Å². The molecule has 156 valence electrons. The second-order valence-corrected chi connectivity index (χ2v) is 24.6. The van der Waals surface area contributed by atoms with Crippen molar-refractivity contribution in [3.8, 4) is 0 Å². The van der Waals surface area contributed by atoms with Gasteiger partial charge in [-0.2, -0.15) is 0 Å². The van der Waals surface area contributed by atoms with Crippen LogP contribution in [0, 0.1) is 0 Å². The predicted octanol–water partition coefficient (Wildman–Crippen LogP) is 6.60. The molecule has 1 fully saturated rings. The summed E-state index contributed by atoms with van der Waals surface area (Å²) in [5.41, 5.74) is 3.54. The van der Waals surface area contributed by atoms with E-state index in [9.17, 15) is 9.59 Å². The highest BCUT2D eigenvalue weighted by Crippen LogP contribution is 3.05. The van der Waals surface area contributed by atoms with Crippen LogP contribution in [-0.4, -0.2) is 27.7 Å². The van der Waals surface area contributed by atoms with Gasteiger partial charge in [0.2, 0.25) is 0 Å². The Morgan fingerprint density at radius 2 is 0.967 bits per heavy atom. The molecule has 3 aliphatic heterocycles. The maximum Gasteiger partial charge on any atom is 0.192 e. The standard InChI is InChI=1S/C22H26O4P2Si2/c1-29(2,3)25-21-17-13-9-7-11-15(17)19(23)27(21)28-20(24)16-12-8-10-14-18(16)22(21,28)26-30(4,5)6/h7-14H,1-6H3. The minimum Gasteiger partial charge on any atom is -0.401 e. The van der Waals surface area contributed by atoms with E-state index in [0.717, 1.165) is 22.3 Å². The molecule has 0 N–H and O–H groups in total. The van der Waals surface area contributed by atoms with Crippen molar-refractivity contribution in [1.82, 2.24) is 0 Å². The lowest BCUT2D eigenvalue weighted by Crippen LogP contribution is -2.60. The third kappa shape index (κ3) is 2.47. The highest BCUT2D eigenvalue weighted by Gasteiger charge is 2.85. The molecule has 4 nitrogen and oxygen atoms in total. The number of hydrogen-bond acceptors (Lipinski definition) is 4. The summed E-state index contributed by atoms with van der Waals surface area (Å²) < 4.78 is 14.1. The molecule has 4 atom stereocenters. The lowest BCUT2D eigenvalue weighted by atomic mass is 9.92. The van der Waals surface area contributed by atoms with Crippen LogP contribution in [-0.2, 0) is 19.5 Å². The molecular formula is C22H26O4P2Si2. The Morgan fingerprint density at radius 3 is 1.30 bits per heavy atom. The van der Waals surface area contributed by atoms with Crippen LogP contribution in [0.25, 0.3) is 0 Å². The molecule has 0 saturated carbocycles. The molecule has 0 aromatic heterocycles. The molecule has 30 heavy (non-hydrogen) atoms. The zero-order valence-corrected chi connectivity index (χ0v) is 21.9. The Balaban J connectivity index is 1.88. The smallest absolute Gasteiger partial charge is 0.192 e. The van der Waals surface area contributed by atoms with E-state index < -0.39 is 42.5 Å². The first-order valence-electron chi connectivity index (χ1n) is 10.2. The molecule has 5 rings (SSSR count). The van der Waals surface area contributed by atoms with Gasteiger partial charge in [0.15, 0.2) is 38.4 Å². The van der Waals surface area contributed by atoms with Gasteiger partial charge >= 0.3 is 0 Å². The normalized spacial score (nSPS) is 31.7. The van der Waals surface area contributed by atoms with Gasteiger partial charge in [0.25, 0.3) is 0 Å². The Kier molecular flexibility index (Phi) is 4.37. The van der Waals surface area contributed by atoms with E-state index in [1.54, 1.807) is 0 Å². The molecule has 2 aromatic carbocycles. The Hall–Kier alpha value is -1.01. The van der Waals surface area contributed by atoms with E-state index >= 15 is 0 Å². The summed E-state index contributed by atoms with van der Waals surface area (Å²) in [4.78, 5) is 27.4. The number of carbonyl (C=O) groups is 2. The second-order valence-electron chi connectivity index (χ2n) is 10.0. The first-order chi connectivity index (χ1) is 13.9. The lowest BCUT2D eigenvalue weighted by molar-refractivity contribution is -0.0267. The molecule has 1 saturated heterocycles. The Labute approximate surface area is 182 Å². The van der Waals surface area contributed by atoms with E-state index in [4.69, 9.17) is 8.85 Å². The molecule has 0 bridgehead atoms. The van der Waals surface area contributed by atoms with Gasteiger partial charge in [0, 0.05) is 37.5 Å². The van der Waals surface area contributed by atoms with E-state index in [-0.39, 0.29) is 11.0 Å². The number of benzene rings is 2. The monoisotopic (exact) mass is 472 g/mol. The van der Waals surface area contributed by atoms with Crippen LogP contribution in [0.15, 0.2) is 48.5 Å². The van der Waals surface area contributed by atoms with Crippen molar-refractivity contribution in [2.75, 3.05) is 0 Å². The van der Waals surface area contributed by atoms with E-state index in [2.05, 4.69) is 39.3 Å². The minimum atomic E-state index is -2.11. The van der Waals surface area contributed by atoms with Crippen molar-refractivity contribution >= 4 is 42.9 Å². The fourth-order valence-corrected chi connectivity index (χ4v) is 19.4. The van der Waals surface area contributed by atoms with Gasteiger partial charge < -0.3 is 8.85 Å². The maximum atomic E-state index is 13.7. The van der Waals surface area contributed by atoms with Gasteiger partial charge in [-0.15, -0.1) is 0 Å². The third-order valence-electron chi connectivity index (χ3n) is 5.59. The summed E-state index contributed by atoms with van der Waals surface area (Å²) in [5, 5.41) is -1.70. The summed E-state index contributed by atoms with van der Waals surface area (Å²) in [6.45, 7) is 13.0. The van der Waals surface area contributed by atoms with E-state index in [1.165, 1.54) is 0 Å². The molecule has 0 aliphatic carbocycles. The van der Waals surface area contributed by atoms with Crippen LogP contribution in [0.1, 0.15) is 31.8 Å². The van der Waals surface area contributed by atoms with Gasteiger partial charge in [0.05, 0.1) is 0 Å². The predicted molar refractivity (Wildman–Crippen MR) is 128 cm³/mol. The quantitative estimate of drug-likeness (QED) is 0.372. The molecular weight excluding hydrogens is 446 g/mol. The summed E-state index contributed by atoms with van der Waals surface area (Å²) in [6, 6.07) is 15.6. The average Bonchev–Trinajstić information content (AvgIpc) is 2.98. The van der Waals surface area contributed by atoms with Crippen molar-refractivity contribution in [2.24, 2.45) is 0 Å². The minimum absolute atomic E-state index is 0.112. The number of hydrogen-bond donors (Lipinski definition) is 0. The zero-order chi connectivity index (χ0) is 21.7. The highest BCUT2D eigenvalue weighted by molar-refractivity contribution is 8.46. The van der Waals surface area contributed by atoms with Crippen LogP contribution in [0.2, 0.25) is 39.3 Å². The Morgan fingerprint density at radius 1 is 0.633 bits per heavy atom. The van der Waals surface area contributed by atoms with Crippen molar-refractivity contribution in [3.63, 3.8) is 0 Å². The molecule has 2 aromatic rings. The van der Waals surface area contributed by atoms with Gasteiger partial charge in [-0.3, -0.25) is 9.59 Å². The number of carbonyl (C=O) groups excluding carboxylic acids is 2. The fraction of sp³-hybridized carbons (Fsp3) is 0.364. The molecule has 3 aliphatic rings. The highest BCUT2D eigenvalue weighted by atomic mass is 32.1. The van der Waals surface area contributed by atoms with E-state index in [1.807, 2.05) is 48.5 Å². The number of fused-ring (bicyclic) bond motifs is 8. The molecule has 4 unspecified atom stereocenters. The second kappa shape index (κ2) is 6.28. The number of rotatable bonds is 4. The lowest BCUT2D eigenvalue weighted by Gasteiger charge is -2.64. The van der Waals surface area contributed by atoms with Crippen LogP contribution in [0.4, 0.5) is 0 Å². The average molecular weight is 473 g/mol. The topological polar surface area (TPSA) is 52.6 Å². The van der Waals surface area contributed by atoms with Crippen LogP contribution >= 0.6 is 15.2 Å². The maximum absolute atomic E-state index is 13.7. The molecule has 8 heteroatoms. The van der Waals surface area contributed by atoms with Crippen molar-refractivity contribution < 1.29 is 18.4 Å². The SMILES string of the molecule is C[Si](C)(C)OC12c3ccccc3C(=O)P1P1C(=O)c3ccccc3C12O[Si](C)(C)C. The van der Waals surface area contributed by atoms with Crippen molar-refractivity contribution in [1.29, 1.82) is 0 Å². The van der Waals surface area contributed by atoms with Crippen molar-refractivity contribution in [2.45, 2.75) is 50.0 Å². The Bertz CT molecular complexity index is 1020. The van der Waals surface area contributed by atoms with Gasteiger partial charge in [-0.25, -0.2) is 0 Å². The first-order valence-corrected chi connectivity index (χ1v) is 20.4. The molecule has 0 amide bonds. The summed E-state index contributed by atoms with van der Waals surface area (Å²) in [5.74, 6) is 0. The molecule has 3 heterocycles. The molecule has 0 radical (unpaired) electrons. The zero-order valence-electron chi connectivity index (χ0n) is 18.1.